The van der Waals surface area contributed by atoms with Crippen LogP contribution in [-0.2, 0) is 6.54 Å². The minimum absolute atomic E-state index is 0.859. The van der Waals surface area contributed by atoms with Crippen molar-refractivity contribution in [3.05, 3.63) is 21.7 Å². The molecule has 0 aromatic carbocycles. The number of hydrogen-bond acceptors (Lipinski definition) is 2. The molecule has 3 heteroatoms. The van der Waals surface area contributed by atoms with Gasteiger partial charge in [0.1, 0.15) is 5.76 Å². The zero-order valence-corrected chi connectivity index (χ0v) is 12.3. The second-order valence-electron chi connectivity index (χ2n) is 4.15. The topological polar surface area (TPSA) is 25.2 Å². The van der Waals surface area contributed by atoms with Gasteiger partial charge >= 0.3 is 0 Å². The molecule has 0 atom stereocenters. The molecule has 0 unspecified atom stereocenters. The van der Waals surface area contributed by atoms with E-state index in [-0.39, 0.29) is 0 Å². The second kappa shape index (κ2) is 9.05. The summed E-state index contributed by atoms with van der Waals surface area (Å²) in [6, 6.07) is 4.04. The fourth-order valence-corrected chi connectivity index (χ4v) is 2.15. The second-order valence-corrected chi connectivity index (χ2v) is 5.21. The molecule has 0 aliphatic heterocycles. The lowest BCUT2D eigenvalue weighted by atomic mass is 10.1. The van der Waals surface area contributed by atoms with Crippen molar-refractivity contribution >= 4 is 22.6 Å². The normalized spacial score (nSPS) is 10.9. The highest BCUT2D eigenvalue weighted by Gasteiger charge is 1.97. The van der Waals surface area contributed by atoms with Crippen LogP contribution in [0.1, 0.15) is 51.2 Å². The molecule has 0 radical (unpaired) electrons. The Morgan fingerprint density at radius 1 is 1.12 bits per heavy atom. The first-order chi connectivity index (χ1) is 7.83. The maximum Gasteiger partial charge on any atom is 0.164 e. The monoisotopic (exact) mass is 335 g/mol. The summed E-state index contributed by atoms with van der Waals surface area (Å²) in [5.74, 6) is 1.04. The van der Waals surface area contributed by atoms with Crippen LogP contribution in [0.15, 0.2) is 16.5 Å². The zero-order chi connectivity index (χ0) is 11.6. The molecule has 0 saturated carbocycles. The third-order valence-corrected chi connectivity index (χ3v) is 3.21. The molecule has 1 aromatic heterocycles. The van der Waals surface area contributed by atoms with Gasteiger partial charge in [0.2, 0.25) is 0 Å². The first-order valence-electron chi connectivity index (χ1n) is 6.28. The van der Waals surface area contributed by atoms with Crippen molar-refractivity contribution in [2.45, 2.75) is 52.0 Å². The minimum atomic E-state index is 0.859. The Kier molecular flexibility index (Phi) is 7.93. The number of unbranched alkanes of at least 4 members (excludes halogenated alkanes) is 5. The summed E-state index contributed by atoms with van der Waals surface area (Å²) in [5, 5.41) is 3.41. The summed E-state index contributed by atoms with van der Waals surface area (Å²) in [6.45, 7) is 4.22. The minimum Gasteiger partial charge on any atom is -0.454 e. The zero-order valence-electron chi connectivity index (χ0n) is 10.1. The van der Waals surface area contributed by atoms with E-state index in [4.69, 9.17) is 4.42 Å². The van der Waals surface area contributed by atoms with E-state index in [1.807, 2.05) is 12.1 Å². The van der Waals surface area contributed by atoms with Gasteiger partial charge in [-0.3, -0.25) is 0 Å². The molecular formula is C13H22INO. The van der Waals surface area contributed by atoms with Gasteiger partial charge in [-0.25, -0.2) is 0 Å². The maximum absolute atomic E-state index is 5.47. The van der Waals surface area contributed by atoms with Crippen molar-refractivity contribution in [1.29, 1.82) is 0 Å². The lowest BCUT2D eigenvalue weighted by molar-refractivity contribution is 0.459. The van der Waals surface area contributed by atoms with Gasteiger partial charge in [0.05, 0.1) is 6.54 Å². The molecule has 1 heterocycles. The van der Waals surface area contributed by atoms with Crippen LogP contribution in [0.25, 0.3) is 0 Å². The summed E-state index contributed by atoms with van der Waals surface area (Å²) >= 11 is 2.19. The SMILES string of the molecule is CCCCCCCCNCc1ccc(I)o1. The largest absolute Gasteiger partial charge is 0.454 e. The summed E-state index contributed by atoms with van der Waals surface area (Å²) in [5.41, 5.74) is 0. The number of rotatable bonds is 9. The van der Waals surface area contributed by atoms with Gasteiger partial charge in [-0.2, -0.15) is 0 Å². The molecule has 0 spiro atoms. The van der Waals surface area contributed by atoms with Crippen LogP contribution in [0.2, 0.25) is 0 Å². The molecule has 2 nitrogen and oxygen atoms in total. The van der Waals surface area contributed by atoms with E-state index >= 15 is 0 Å². The predicted octanol–water partition coefficient (Wildman–Crippen LogP) is 4.33. The Morgan fingerprint density at radius 2 is 1.88 bits per heavy atom. The van der Waals surface area contributed by atoms with Gasteiger partial charge in [-0.05, 0) is 47.7 Å². The highest BCUT2D eigenvalue weighted by Crippen LogP contribution is 2.09. The third-order valence-electron chi connectivity index (χ3n) is 2.64. The molecule has 92 valence electrons. The summed E-state index contributed by atoms with van der Waals surface area (Å²) in [6.07, 6.45) is 8.12. The standard InChI is InChI=1S/C13H22INO/c1-2-3-4-5-6-7-10-15-11-12-8-9-13(14)16-12/h8-9,15H,2-7,10-11H2,1H3. The number of furan rings is 1. The molecule has 0 fully saturated rings. The van der Waals surface area contributed by atoms with Crippen LogP contribution in [0.3, 0.4) is 0 Å². The van der Waals surface area contributed by atoms with Crippen LogP contribution < -0.4 is 5.32 Å². The first kappa shape index (κ1) is 14.0. The summed E-state index contributed by atoms with van der Waals surface area (Å²) in [7, 11) is 0. The Morgan fingerprint density at radius 3 is 2.56 bits per heavy atom. The third kappa shape index (κ3) is 6.53. The Labute approximate surface area is 112 Å². The summed E-state index contributed by atoms with van der Waals surface area (Å²) < 4.78 is 6.43. The van der Waals surface area contributed by atoms with Gasteiger partial charge in [-0.1, -0.05) is 39.0 Å². The Balaban J connectivity index is 1.88. The highest BCUT2D eigenvalue weighted by atomic mass is 127. The molecule has 1 aromatic rings. The average molecular weight is 335 g/mol. The number of hydrogen-bond donors (Lipinski definition) is 1. The molecule has 0 bridgehead atoms. The van der Waals surface area contributed by atoms with Gasteiger partial charge in [-0.15, -0.1) is 0 Å². The number of nitrogens with one attached hydrogen (secondary N) is 1. The predicted molar refractivity (Wildman–Crippen MR) is 76.5 cm³/mol. The van der Waals surface area contributed by atoms with Crippen molar-refractivity contribution in [3.8, 4) is 0 Å². The Hall–Kier alpha value is -0.0300. The van der Waals surface area contributed by atoms with E-state index in [2.05, 4.69) is 34.8 Å². The maximum atomic E-state index is 5.47. The van der Waals surface area contributed by atoms with E-state index in [0.717, 1.165) is 22.6 Å². The highest BCUT2D eigenvalue weighted by molar-refractivity contribution is 14.1. The molecular weight excluding hydrogens is 313 g/mol. The van der Waals surface area contributed by atoms with Gasteiger partial charge in [0, 0.05) is 0 Å². The molecule has 1 rings (SSSR count). The van der Waals surface area contributed by atoms with Crippen LogP contribution in [-0.4, -0.2) is 6.54 Å². The van der Waals surface area contributed by atoms with Crippen molar-refractivity contribution in [2.75, 3.05) is 6.54 Å². The van der Waals surface area contributed by atoms with Crippen LogP contribution >= 0.6 is 22.6 Å². The Bertz CT molecular complexity index is 273. The van der Waals surface area contributed by atoms with Crippen LogP contribution in [0.5, 0.6) is 0 Å². The van der Waals surface area contributed by atoms with Crippen molar-refractivity contribution in [1.82, 2.24) is 5.32 Å². The molecule has 0 aliphatic carbocycles. The fourth-order valence-electron chi connectivity index (χ4n) is 1.69. The van der Waals surface area contributed by atoms with Crippen LogP contribution in [0, 0.1) is 3.77 Å². The first-order valence-corrected chi connectivity index (χ1v) is 7.35. The smallest absolute Gasteiger partial charge is 0.164 e. The van der Waals surface area contributed by atoms with E-state index < -0.39 is 0 Å². The average Bonchev–Trinajstić information content (AvgIpc) is 2.68. The van der Waals surface area contributed by atoms with Crippen LogP contribution in [0.4, 0.5) is 0 Å². The van der Waals surface area contributed by atoms with Gasteiger partial charge in [0.25, 0.3) is 0 Å². The van der Waals surface area contributed by atoms with Gasteiger partial charge < -0.3 is 9.73 Å². The van der Waals surface area contributed by atoms with Gasteiger partial charge in [0.15, 0.2) is 3.77 Å². The summed E-state index contributed by atoms with van der Waals surface area (Å²) in [4.78, 5) is 0. The van der Waals surface area contributed by atoms with E-state index in [1.54, 1.807) is 0 Å². The molecule has 0 saturated heterocycles. The van der Waals surface area contributed by atoms with E-state index in [0.29, 0.717) is 0 Å². The quantitative estimate of drug-likeness (QED) is 0.537. The lowest BCUT2D eigenvalue weighted by Crippen LogP contribution is -2.14. The molecule has 0 aliphatic rings. The van der Waals surface area contributed by atoms with Crippen molar-refractivity contribution < 1.29 is 4.42 Å². The van der Waals surface area contributed by atoms with Crippen molar-refractivity contribution in [2.24, 2.45) is 0 Å². The van der Waals surface area contributed by atoms with Crippen molar-refractivity contribution in [3.63, 3.8) is 0 Å². The number of halogens is 1. The molecule has 1 N–H and O–H groups in total. The lowest BCUT2D eigenvalue weighted by Gasteiger charge is -2.02. The fraction of sp³-hybridized carbons (Fsp3) is 0.692. The van der Waals surface area contributed by atoms with E-state index in [1.165, 1.54) is 38.5 Å². The molecule has 0 amide bonds. The molecule has 16 heavy (non-hydrogen) atoms. The van der Waals surface area contributed by atoms with E-state index in [9.17, 15) is 0 Å².